The summed E-state index contributed by atoms with van der Waals surface area (Å²) in [6.07, 6.45) is 2.06. The molecule has 6 nitrogen and oxygen atoms in total. The second-order valence-electron chi connectivity index (χ2n) is 7.13. The molecular formula is C23H28N2O4. The number of nitrogens with zero attached hydrogens (tertiary/aromatic N) is 1. The van der Waals surface area contributed by atoms with E-state index in [2.05, 4.69) is 30.6 Å². The van der Waals surface area contributed by atoms with Crippen LogP contribution in [0, 0.1) is 0 Å². The molecule has 0 bridgehead atoms. The van der Waals surface area contributed by atoms with E-state index in [0.717, 1.165) is 24.5 Å². The maximum atomic E-state index is 12.6. The van der Waals surface area contributed by atoms with Crippen molar-refractivity contribution in [1.82, 2.24) is 0 Å². The number of carbonyl (C=O) groups excluding carboxylic acids is 1. The van der Waals surface area contributed by atoms with Gasteiger partial charge in [0.05, 0.1) is 19.3 Å². The number of hydrogen-bond donors (Lipinski definition) is 1. The van der Waals surface area contributed by atoms with Gasteiger partial charge in [-0.15, -0.1) is 0 Å². The SMILES string of the molecule is C=CCOc1ccc(C(=O)Nc2ccc(N3CC(C)OC(C)C3)cc2)cc1OC. The van der Waals surface area contributed by atoms with E-state index < -0.39 is 0 Å². The summed E-state index contributed by atoms with van der Waals surface area (Å²) in [4.78, 5) is 14.9. The molecule has 1 heterocycles. The molecule has 2 aromatic rings. The van der Waals surface area contributed by atoms with Crippen LogP contribution in [0.2, 0.25) is 0 Å². The minimum Gasteiger partial charge on any atom is -0.493 e. The topological polar surface area (TPSA) is 60.0 Å². The van der Waals surface area contributed by atoms with Crippen molar-refractivity contribution >= 4 is 17.3 Å². The Kier molecular flexibility index (Phi) is 6.77. The molecule has 154 valence electrons. The molecule has 6 heteroatoms. The number of nitrogens with one attached hydrogen (secondary N) is 1. The van der Waals surface area contributed by atoms with Gasteiger partial charge in [-0.1, -0.05) is 12.7 Å². The highest BCUT2D eigenvalue weighted by Crippen LogP contribution is 2.29. The van der Waals surface area contributed by atoms with Crippen LogP contribution in [0.15, 0.2) is 55.1 Å². The Morgan fingerprint density at radius 1 is 1.17 bits per heavy atom. The van der Waals surface area contributed by atoms with Crippen LogP contribution in [0.1, 0.15) is 24.2 Å². The lowest BCUT2D eigenvalue weighted by Gasteiger charge is -2.36. The van der Waals surface area contributed by atoms with Crippen molar-refractivity contribution in [3.63, 3.8) is 0 Å². The van der Waals surface area contributed by atoms with Gasteiger partial charge in [0.25, 0.3) is 5.91 Å². The molecule has 29 heavy (non-hydrogen) atoms. The minimum atomic E-state index is -0.208. The second kappa shape index (κ2) is 9.47. The van der Waals surface area contributed by atoms with Gasteiger partial charge in [0, 0.05) is 30.0 Å². The smallest absolute Gasteiger partial charge is 0.255 e. The number of hydrogen-bond acceptors (Lipinski definition) is 5. The molecule has 1 amide bonds. The van der Waals surface area contributed by atoms with Crippen LogP contribution in [-0.2, 0) is 4.74 Å². The van der Waals surface area contributed by atoms with Crippen molar-refractivity contribution in [1.29, 1.82) is 0 Å². The Morgan fingerprint density at radius 2 is 1.86 bits per heavy atom. The highest BCUT2D eigenvalue weighted by molar-refractivity contribution is 6.04. The number of anilines is 2. The number of methoxy groups -OCH3 is 1. The Balaban J connectivity index is 1.67. The summed E-state index contributed by atoms with van der Waals surface area (Å²) in [5.41, 5.74) is 2.35. The van der Waals surface area contributed by atoms with Gasteiger partial charge >= 0.3 is 0 Å². The standard InChI is InChI=1S/C23H28N2O4/c1-5-12-28-21-11-6-18(13-22(21)27-4)23(26)24-19-7-9-20(10-8-19)25-14-16(2)29-17(3)15-25/h5-11,13,16-17H,1,12,14-15H2,2-4H3,(H,24,26). The zero-order chi connectivity index (χ0) is 20.8. The van der Waals surface area contributed by atoms with Gasteiger partial charge in [0.2, 0.25) is 0 Å². The first-order valence-corrected chi connectivity index (χ1v) is 9.73. The largest absolute Gasteiger partial charge is 0.493 e. The van der Waals surface area contributed by atoms with E-state index in [1.165, 1.54) is 0 Å². The van der Waals surface area contributed by atoms with Crippen LogP contribution in [0.3, 0.4) is 0 Å². The van der Waals surface area contributed by atoms with E-state index >= 15 is 0 Å². The van der Waals surface area contributed by atoms with Gasteiger partial charge in [0.1, 0.15) is 6.61 Å². The minimum absolute atomic E-state index is 0.201. The molecule has 1 aliphatic rings. The van der Waals surface area contributed by atoms with Crippen molar-refractivity contribution in [2.24, 2.45) is 0 Å². The highest BCUT2D eigenvalue weighted by atomic mass is 16.5. The summed E-state index contributed by atoms with van der Waals surface area (Å²) in [6.45, 7) is 9.88. The first-order valence-electron chi connectivity index (χ1n) is 9.73. The third-order valence-electron chi connectivity index (χ3n) is 4.69. The predicted octanol–water partition coefficient (Wildman–Crippen LogP) is 4.13. The molecule has 2 atom stereocenters. The first-order chi connectivity index (χ1) is 14.0. The maximum Gasteiger partial charge on any atom is 0.255 e. The number of amides is 1. The van der Waals surface area contributed by atoms with Crippen molar-refractivity contribution in [2.75, 3.05) is 37.0 Å². The Morgan fingerprint density at radius 3 is 2.48 bits per heavy atom. The predicted molar refractivity (Wildman–Crippen MR) is 115 cm³/mol. The van der Waals surface area contributed by atoms with Crippen molar-refractivity contribution in [3.05, 3.63) is 60.7 Å². The third kappa shape index (κ3) is 5.29. The van der Waals surface area contributed by atoms with Crippen molar-refractivity contribution < 1.29 is 19.0 Å². The zero-order valence-corrected chi connectivity index (χ0v) is 17.2. The van der Waals surface area contributed by atoms with Gasteiger partial charge in [0.15, 0.2) is 11.5 Å². The normalized spacial score (nSPS) is 18.8. The lowest BCUT2D eigenvalue weighted by atomic mass is 10.1. The van der Waals surface area contributed by atoms with Crippen LogP contribution in [0.4, 0.5) is 11.4 Å². The van der Waals surface area contributed by atoms with Crippen molar-refractivity contribution in [3.8, 4) is 11.5 Å². The fraction of sp³-hybridized carbons (Fsp3) is 0.348. The van der Waals surface area contributed by atoms with E-state index in [0.29, 0.717) is 23.7 Å². The van der Waals surface area contributed by atoms with Crippen LogP contribution < -0.4 is 19.7 Å². The fourth-order valence-corrected chi connectivity index (χ4v) is 3.42. The Hall–Kier alpha value is -2.99. The lowest BCUT2D eigenvalue weighted by Crippen LogP contribution is -2.45. The van der Waals surface area contributed by atoms with E-state index in [1.54, 1.807) is 31.4 Å². The molecule has 0 radical (unpaired) electrons. The molecule has 3 rings (SSSR count). The second-order valence-corrected chi connectivity index (χ2v) is 7.13. The molecule has 0 aromatic heterocycles. The van der Waals surface area contributed by atoms with Crippen LogP contribution in [0.25, 0.3) is 0 Å². The monoisotopic (exact) mass is 396 g/mol. The van der Waals surface area contributed by atoms with Gasteiger partial charge in [-0.25, -0.2) is 0 Å². The summed E-state index contributed by atoms with van der Waals surface area (Å²) in [7, 11) is 1.55. The van der Waals surface area contributed by atoms with E-state index in [1.807, 2.05) is 24.3 Å². The summed E-state index contributed by atoms with van der Waals surface area (Å²) in [5.74, 6) is 0.868. The van der Waals surface area contributed by atoms with E-state index in [4.69, 9.17) is 14.2 Å². The average molecular weight is 396 g/mol. The fourth-order valence-electron chi connectivity index (χ4n) is 3.42. The number of ether oxygens (including phenoxy) is 3. The van der Waals surface area contributed by atoms with Gasteiger partial charge in [-0.05, 0) is 56.3 Å². The van der Waals surface area contributed by atoms with Crippen LogP contribution in [-0.4, -0.2) is 44.9 Å². The summed E-state index contributed by atoms with van der Waals surface area (Å²) < 4.78 is 16.6. The van der Waals surface area contributed by atoms with Gasteiger partial charge < -0.3 is 24.4 Å². The molecule has 0 saturated carbocycles. The molecule has 1 N–H and O–H groups in total. The maximum absolute atomic E-state index is 12.6. The zero-order valence-electron chi connectivity index (χ0n) is 17.2. The van der Waals surface area contributed by atoms with Gasteiger partial charge in [-0.3, -0.25) is 4.79 Å². The molecule has 0 aliphatic carbocycles. The van der Waals surface area contributed by atoms with Crippen LogP contribution >= 0.6 is 0 Å². The quantitative estimate of drug-likeness (QED) is 0.713. The van der Waals surface area contributed by atoms with E-state index in [-0.39, 0.29) is 18.1 Å². The summed E-state index contributed by atoms with van der Waals surface area (Å²) >= 11 is 0. The average Bonchev–Trinajstić information content (AvgIpc) is 2.72. The number of morpholine rings is 1. The molecule has 2 aromatic carbocycles. The summed E-state index contributed by atoms with van der Waals surface area (Å²) in [6, 6.07) is 13.0. The molecule has 0 spiro atoms. The molecule has 1 aliphatic heterocycles. The van der Waals surface area contributed by atoms with Crippen molar-refractivity contribution in [2.45, 2.75) is 26.1 Å². The molecule has 2 unspecified atom stereocenters. The summed E-state index contributed by atoms with van der Waals surface area (Å²) in [5, 5.41) is 2.93. The highest BCUT2D eigenvalue weighted by Gasteiger charge is 2.22. The third-order valence-corrected chi connectivity index (χ3v) is 4.69. The first kappa shape index (κ1) is 20.7. The molecular weight excluding hydrogens is 368 g/mol. The molecule has 1 saturated heterocycles. The van der Waals surface area contributed by atoms with Gasteiger partial charge in [-0.2, -0.15) is 0 Å². The number of carbonyl (C=O) groups is 1. The van der Waals surface area contributed by atoms with Crippen LogP contribution in [0.5, 0.6) is 11.5 Å². The Labute approximate surface area is 172 Å². The lowest BCUT2D eigenvalue weighted by molar-refractivity contribution is -0.00521. The Bertz CT molecular complexity index is 840. The van der Waals surface area contributed by atoms with E-state index in [9.17, 15) is 4.79 Å². The molecule has 1 fully saturated rings. The number of rotatable bonds is 7. The number of benzene rings is 2.